The molecule has 23 heavy (non-hydrogen) atoms. The molecule has 2 aromatic carbocycles. The minimum absolute atomic E-state index is 0.0671. The molecule has 118 valence electrons. The Hall–Kier alpha value is -2.75. The molecule has 0 aliphatic heterocycles. The molecule has 0 amide bonds. The van der Waals surface area contributed by atoms with Gasteiger partial charge >= 0.3 is 0 Å². The van der Waals surface area contributed by atoms with Gasteiger partial charge in [0.15, 0.2) is 0 Å². The topological polar surface area (TPSA) is 58.3 Å². The summed E-state index contributed by atoms with van der Waals surface area (Å²) in [6.07, 6.45) is 2.02. The van der Waals surface area contributed by atoms with E-state index in [1.807, 2.05) is 35.1 Å². The van der Waals surface area contributed by atoms with Crippen molar-refractivity contribution < 1.29 is 10.2 Å². The predicted molar refractivity (Wildman–Crippen MR) is 91.0 cm³/mol. The number of aromatic nitrogens is 2. The van der Waals surface area contributed by atoms with E-state index in [-0.39, 0.29) is 16.9 Å². The first-order valence-corrected chi connectivity index (χ1v) is 7.53. The predicted octanol–water partition coefficient (Wildman–Crippen LogP) is 4.25. The van der Waals surface area contributed by atoms with Crippen LogP contribution in [0.3, 0.4) is 0 Å². The van der Waals surface area contributed by atoms with Gasteiger partial charge in [-0.2, -0.15) is 5.10 Å². The maximum absolute atomic E-state index is 9.49. The highest BCUT2D eigenvalue weighted by Gasteiger charge is 2.23. The largest absolute Gasteiger partial charge is 0.508 e. The van der Waals surface area contributed by atoms with E-state index in [9.17, 15) is 10.2 Å². The number of hydrogen-bond donors (Lipinski definition) is 2. The fourth-order valence-corrected chi connectivity index (χ4v) is 2.49. The van der Waals surface area contributed by atoms with E-state index in [1.165, 1.54) is 0 Å². The van der Waals surface area contributed by atoms with E-state index in [4.69, 9.17) is 5.10 Å². The van der Waals surface area contributed by atoms with E-state index in [1.54, 1.807) is 24.3 Å². The second-order valence-corrected chi connectivity index (χ2v) is 6.65. The van der Waals surface area contributed by atoms with Crippen molar-refractivity contribution in [2.45, 2.75) is 26.2 Å². The van der Waals surface area contributed by atoms with Gasteiger partial charge in [-0.1, -0.05) is 20.8 Å². The highest BCUT2D eigenvalue weighted by Crippen LogP contribution is 2.33. The summed E-state index contributed by atoms with van der Waals surface area (Å²) < 4.78 is 1.82. The molecular weight excluding hydrogens is 288 g/mol. The van der Waals surface area contributed by atoms with E-state index in [2.05, 4.69) is 20.8 Å². The van der Waals surface area contributed by atoms with Gasteiger partial charge in [0.05, 0.1) is 11.4 Å². The lowest BCUT2D eigenvalue weighted by molar-refractivity contribution is 0.474. The highest BCUT2D eigenvalue weighted by molar-refractivity contribution is 5.65. The molecule has 0 aliphatic carbocycles. The quantitative estimate of drug-likeness (QED) is 0.744. The van der Waals surface area contributed by atoms with Crippen molar-refractivity contribution in [3.63, 3.8) is 0 Å². The Labute approximate surface area is 135 Å². The Kier molecular flexibility index (Phi) is 3.60. The fraction of sp³-hybridized carbons (Fsp3) is 0.211. The lowest BCUT2D eigenvalue weighted by Gasteiger charge is -2.18. The Bertz CT molecular complexity index is 810. The van der Waals surface area contributed by atoms with Crippen molar-refractivity contribution in [2.75, 3.05) is 0 Å². The number of nitrogens with zero attached hydrogens (tertiary/aromatic N) is 2. The summed E-state index contributed by atoms with van der Waals surface area (Å²) in [5.74, 6) is 0.472. The number of benzene rings is 2. The number of aromatic hydroxyl groups is 2. The molecule has 0 spiro atoms. The van der Waals surface area contributed by atoms with Crippen LogP contribution < -0.4 is 0 Å². The standard InChI is InChI=1S/C19H20N2O2/c1-19(2,3)17-12-21(14-6-10-16(23)11-7-14)20-18(17)13-4-8-15(22)9-5-13/h4-12,22-23H,1-3H3. The summed E-state index contributed by atoms with van der Waals surface area (Å²) in [5.41, 5.74) is 3.80. The minimum atomic E-state index is -0.0671. The van der Waals surface area contributed by atoms with Gasteiger partial charge in [-0.25, -0.2) is 4.68 Å². The summed E-state index contributed by atoms with van der Waals surface area (Å²) in [4.78, 5) is 0. The van der Waals surface area contributed by atoms with Gasteiger partial charge in [-0.05, 0) is 53.9 Å². The molecule has 0 bridgehead atoms. The van der Waals surface area contributed by atoms with Gasteiger partial charge in [0, 0.05) is 17.3 Å². The summed E-state index contributed by atoms with van der Waals surface area (Å²) in [5, 5.41) is 23.7. The first-order valence-electron chi connectivity index (χ1n) is 7.53. The van der Waals surface area contributed by atoms with Crippen molar-refractivity contribution in [1.82, 2.24) is 9.78 Å². The summed E-state index contributed by atoms with van der Waals surface area (Å²) in [6.45, 7) is 6.44. The minimum Gasteiger partial charge on any atom is -0.508 e. The third kappa shape index (κ3) is 3.06. The van der Waals surface area contributed by atoms with Gasteiger partial charge in [0.1, 0.15) is 11.5 Å². The van der Waals surface area contributed by atoms with Crippen LogP contribution in [0.5, 0.6) is 11.5 Å². The molecule has 0 aliphatic rings. The molecule has 0 fully saturated rings. The first kappa shape index (κ1) is 15.2. The summed E-state index contributed by atoms with van der Waals surface area (Å²) >= 11 is 0. The van der Waals surface area contributed by atoms with Gasteiger partial charge in [0.25, 0.3) is 0 Å². The molecule has 0 atom stereocenters. The first-order chi connectivity index (χ1) is 10.8. The van der Waals surface area contributed by atoms with Crippen molar-refractivity contribution in [3.8, 4) is 28.4 Å². The smallest absolute Gasteiger partial charge is 0.115 e. The van der Waals surface area contributed by atoms with E-state index < -0.39 is 0 Å². The van der Waals surface area contributed by atoms with Crippen molar-refractivity contribution >= 4 is 0 Å². The van der Waals surface area contributed by atoms with Crippen LogP contribution in [0, 0.1) is 0 Å². The number of rotatable bonds is 2. The van der Waals surface area contributed by atoms with Crippen LogP contribution in [-0.4, -0.2) is 20.0 Å². The number of hydrogen-bond acceptors (Lipinski definition) is 3. The molecule has 0 saturated carbocycles. The zero-order chi connectivity index (χ0) is 16.6. The van der Waals surface area contributed by atoms with Crippen LogP contribution in [0.4, 0.5) is 0 Å². The fourth-order valence-electron chi connectivity index (χ4n) is 2.49. The second kappa shape index (κ2) is 5.47. The molecule has 4 nitrogen and oxygen atoms in total. The van der Waals surface area contributed by atoms with Gasteiger partial charge in [-0.15, -0.1) is 0 Å². The summed E-state index contributed by atoms with van der Waals surface area (Å²) in [7, 11) is 0. The molecule has 0 radical (unpaired) electrons. The average molecular weight is 308 g/mol. The van der Waals surface area contributed by atoms with E-state index in [0.717, 1.165) is 22.5 Å². The maximum Gasteiger partial charge on any atom is 0.115 e. The number of phenolic OH excluding ortho intramolecular Hbond substituents is 2. The molecule has 0 unspecified atom stereocenters. The van der Waals surface area contributed by atoms with Crippen LogP contribution in [0.1, 0.15) is 26.3 Å². The lowest BCUT2D eigenvalue weighted by atomic mass is 9.86. The van der Waals surface area contributed by atoms with Gasteiger partial charge < -0.3 is 10.2 Å². The monoisotopic (exact) mass is 308 g/mol. The molecule has 3 rings (SSSR count). The van der Waals surface area contributed by atoms with Crippen LogP contribution in [0.15, 0.2) is 54.7 Å². The van der Waals surface area contributed by atoms with Crippen molar-refractivity contribution in [1.29, 1.82) is 0 Å². The Morgan fingerprint density at radius 2 is 1.35 bits per heavy atom. The third-order valence-corrected chi connectivity index (χ3v) is 3.78. The normalized spacial score (nSPS) is 11.6. The lowest BCUT2D eigenvalue weighted by Crippen LogP contribution is -2.11. The zero-order valence-electron chi connectivity index (χ0n) is 13.5. The van der Waals surface area contributed by atoms with Crippen LogP contribution in [0.2, 0.25) is 0 Å². The summed E-state index contributed by atoms with van der Waals surface area (Å²) in [6, 6.07) is 14.0. The van der Waals surface area contributed by atoms with E-state index in [0.29, 0.717) is 0 Å². The van der Waals surface area contributed by atoms with Crippen molar-refractivity contribution in [3.05, 3.63) is 60.3 Å². The Balaban J connectivity index is 2.14. The molecule has 0 saturated heterocycles. The van der Waals surface area contributed by atoms with Gasteiger partial charge in [-0.3, -0.25) is 0 Å². The molecule has 1 heterocycles. The van der Waals surface area contributed by atoms with Crippen LogP contribution in [-0.2, 0) is 5.41 Å². The van der Waals surface area contributed by atoms with Crippen LogP contribution >= 0.6 is 0 Å². The van der Waals surface area contributed by atoms with Gasteiger partial charge in [0.2, 0.25) is 0 Å². The zero-order valence-corrected chi connectivity index (χ0v) is 13.5. The molecule has 1 aromatic heterocycles. The average Bonchev–Trinajstić information content (AvgIpc) is 2.94. The van der Waals surface area contributed by atoms with Crippen LogP contribution in [0.25, 0.3) is 16.9 Å². The number of phenols is 2. The molecule has 3 aromatic rings. The maximum atomic E-state index is 9.49. The van der Waals surface area contributed by atoms with E-state index >= 15 is 0 Å². The molecule has 2 N–H and O–H groups in total. The molecule has 4 heteroatoms. The SMILES string of the molecule is CC(C)(C)c1cn(-c2ccc(O)cc2)nc1-c1ccc(O)cc1. The van der Waals surface area contributed by atoms with Crippen molar-refractivity contribution in [2.24, 2.45) is 0 Å². The third-order valence-electron chi connectivity index (χ3n) is 3.78. The Morgan fingerprint density at radius 1 is 0.826 bits per heavy atom. The second-order valence-electron chi connectivity index (χ2n) is 6.65. The Morgan fingerprint density at radius 3 is 1.87 bits per heavy atom. The molecular formula is C19H20N2O2. The highest BCUT2D eigenvalue weighted by atomic mass is 16.3.